The van der Waals surface area contributed by atoms with Gasteiger partial charge in [0.05, 0.1) is 22.3 Å². The Bertz CT molecular complexity index is 902. The second-order valence-electron chi connectivity index (χ2n) is 5.32. The number of aliphatic imine (C=N–C) groups is 1. The van der Waals surface area contributed by atoms with Gasteiger partial charge in [-0.25, -0.2) is 9.98 Å². The number of benzene rings is 2. The molecule has 0 saturated carbocycles. The molecule has 0 amide bonds. The molecule has 0 spiro atoms. The van der Waals surface area contributed by atoms with Gasteiger partial charge in [0.1, 0.15) is 5.01 Å². The number of hydrogen-bond donors (Lipinski definition) is 0. The number of nitrogens with zero attached hydrogens (tertiary/aromatic N) is 3. The molecule has 0 saturated heterocycles. The quantitative estimate of drug-likeness (QED) is 0.658. The summed E-state index contributed by atoms with van der Waals surface area (Å²) in [5.74, 6) is 0. The Morgan fingerprint density at radius 1 is 1.00 bits per heavy atom. The van der Waals surface area contributed by atoms with Crippen molar-refractivity contribution >= 4 is 39.7 Å². The first-order valence-corrected chi connectivity index (χ1v) is 8.25. The maximum Gasteiger partial charge on any atom is 0.119 e. The number of aromatic nitrogens is 1. The number of para-hydroxylation sites is 2. The summed E-state index contributed by atoms with van der Waals surface area (Å²) in [6, 6.07) is 18.4. The number of anilines is 1. The molecule has 2 aromatic carbocycles. The van der Waals surface area contributed by atoms with Crippen LogP contribution in [0.3, 0.4) is 0 Å². The molecule has 2 heterocycles. The van der Waals surface area contributed by atoms with E-state index < -0.39 is 0 Å². The summed E-state index contributed by atoms with van der Waals surface area (Å²) in [6.07, 6.45) is 5.98. The average molecular weight is 317 g/mol. The molecule has 4 rings (SSSR count). The summed E-state index contributed by atoms with van der Waals surface area (Å²) < 4.78 is 1.20. The second-order valence-corrected chi connectivity index (χ2v) is 6.39. The first-order chi connectivity index (χ1) is 11.3. The van der Waals surface area contributed by atoms with Gasteiger partial charge in [-0.1, -0.05) is 30.3 Å². The zero-order chi connectivity index (χ0) is 15.6. The Hall–Kier alpha value is -2.72. The molecule has 3 aromatic rings. The third-order valence-electron chi connectivity index (χ3n) is 3.68. The lowest BCUT2D eigenvalue weighted by Crippen LogP contribution is -2.21. The predicted octanol–water partition coefficient (Wildman–Crippen LogP) is 5.09. The monoisotopic (exact) mass is 317 g/mol. The van der Waals surface area contributed by atoms with Crippen molar-refractivity contribution in [2.75, 3.05) is 4.90 Å². The van der Waals surface area contributed by atoms with Crippen molar-refractivity contribution in [3.8, 4) is 0 Å². The van der Waals surface area contributed by atoms with E-state index in [2.05, 4.69) is 46.1 Å². The first kappa shape index (κ1) is 13.9. The first-order valence-electron chi connectivity index (χ1n) is 7.44. The van der Waals surface area contributed by atoms with Crippen molar-refractivity contribution in [2.24, 2.45) is 4.99 Å². The highest BCUT2D eigenvalue weighted by molar-refractivity contribution is 7.19. The van der Waals surface area contributed by atoms with Crippen LogP contribution in [0.25, 0.3) is 16.3 Å². The molecular formula is C19H15N3S. The topological polar surface area (TPSA) is 28.5 Å². The number of thiazole rings is 1. The second kappa shape index (κ2) is 5.82. The van der Waals surface area contributed by atoms with Crippen LogP contribution in [0, 0.1) is 0 Å². The third kappa shape index (κ3) is 2.81. The summed E-state index contributed by atoms with van der Waals surface area (Å²) in [4.78, 5) is 11.3. The maximum atomic E-state index is 4.63. The molecule has 0 bridgehead atoms. The van der Waals surface area contributed by atoms with E-state index in [1.807, 2.05) is 48.8 Å². The molecule has 0 aliphatic carbocycles. The van der Waals surface area contributed by atoms with E-state index in [4.69, 9.17) is 0 Å². The summed E-state index contributed by atoms with van der Waals surface area (Å²) in [7, 11) is 0. The Morgan fingerprint density at radius 2 is 1.78 bits per heavy atom. The van der Waals surface area contributed by atoms with Gasteiger partial charge < -0.3 is 4.90 Å². The molecular weight excluding hydrogens is 302 g/mol. The zero-order valence-electron chi connectivity index (χ0n) is 12.7. The fraction of sp³-hybridized carbons (Fsp3) is 0.0526. The molecule has 23 heavy (non-hydrogen) atoms. The fourth-order valence-electron chi connectivity index (χ4n) is 2.55. The molecule has 4 heteroatoms. The minimum absolute atomic E-state index is 0.925. The summed E-state index contributed by atoms with van der Waals surface area (Å²) >= 11 is 1.69. The van der Waals surface area contributed by atoms with Crippen molar-refractivity contribution in [2.45, 2.75) is 6.92 Å². The van der Waals surface area contributed by atoms with Crippen molar-refractivity contribution in [1.82, 2.24) is 4.98 Å². The summed E-state index contributed by atoms with van der Waals surface area (Å²) in [5, 5.41) is 0.982. The number of rotatable bonds is 2. The van der Waals surface area contributed by atoms with Gasteiger partial charge in [-0.2, -0.15) is 0 Å². The standard InChI is InChI=1S/C19H15N3S/c1-14-11-15(20-13-22(14)16-7-3-2-4-8-16)12-19-21-17-9-5-6-10-18(17)23-19/h2-13H,1H3/b15-12-. The highest BCUT2D eigenvalue weighted by Crippen LogP contribution is 2.26. The van der Waals surface area contributed by atoms with Gasteiger partial charge in [0.15, 0.2) is 0 Å². The van der Waals surface area contributed by atoms with E-state index in [-0.39, 0.29) is 0 Å². The molecule has 0 unspecified atom stereocenters. The molecule has 0 N–H and O–H groups in total. The van der Waals surface area contributed by atoms with Crippen molar-refractivity contribution in [1.29, 1.82) is 0 Å². The maximum absolute atomic E-state index is 4.63. The minimum atomic E-state index is 0.925. The Kier molecular flexibility index (Phi) is 3.52. The summed E-state index contributed by atoms with van der Waals surface area (Å²) in [6.45, 7) is 2.09. The van der Waals surface area contributed by atoms with E-state index in [1.54, 1.807) is 11.3 Å². The van der Waals surface area contributed by atoms with Crippen LogP contribution in [0.2, 0.25) is 0 Å². The van der Waals surface area contributed by atoms with Crippen LogP contribution in [0.5, 0.6) is 0 Å². The van der Waals surface area contributed by atoms with Crippen molar-refractivity contribution < 1.29 is 0 Å². The van der Waals surface area contributed by atoms with E-state index in [9.17, 15) is 0 Å². The number of fused-ring (bicyclic) bond motifs is 1. The Labute approximate surface area is 138 Å². The van der Waals surface area contributed by atoms with Crippen LogP contribution in [0.1, 0.15) is 11.9 Å². The fourth-order valence-corrected chi connectivity index (χ4v) is 3.47. The number of hydrogen-bond acceptors (Lipinski definition) is 4. The molecule has 0 radical (unpaired) electrons. The van der Waals surface area contributed by atoms with Gasteiger partial charge in [-0.05, 0) is 43.3 Å². The third-order valence-corrected chi connectivity index (χ3v) is 4.66. The van der Waals surface area contributed by atoms with Crippen molar-refractivity contribution in [3.05, 3.63) is 77.1 Å². The Balaban J connectivity index is 1.64. The molecule has 1 aromatic heterocycles. The van der Waals surface area contributed by atoms with Crippen LogP contribution in [0.4, 0.5) is 5.69 Å². The Morgan fingerprint density at radius 3 is 2.57 bits per heavy atom. The van der Waals surface area contributed by atoms with Gasteiger partial charge in [0.2, 0.25) is 0 Å². The van der Waals surface area contributed by atoms with Crippen LogP contribution >= 0.6 is 11.3 Å². The van der Waals surface area contributed by atoms with Gasteiger partial charge in [-0.3, -0.25) is 0 Å². The largest absolute Gasteiger partial charge is 0.305 e. The van der Waals surface area contributed by atoms with E-state index in [0.717, 1.165) is 27.6 Å². The van der Waals surface area contributed by atoms with E-state index in [0.29, 0.717) is 0 Å². The van der Waals surface area contributed by atoms with E-state index in [1.165, 1.54) is 4.70 Å². The lowest BCUT2D eigenvalue weighted by molar-refractivity contribution is 1.16. The molecule has 3 nitrogen and oxygen atoms in total. The molecule has 0 fully saturated rings. The molecule has 0 atom stereocenters. The SMILES string of the molecule is CC1=C/C(=C/c2nc3ccccc3s2)N=CN1c1ccccc1. The van der Waals surface area contributed by atoms with Gasteiger partial charge in [0, 0.05) is 11.4 Å². The lowest BCUT2D eigenvalue weighted by Gasteiger charge is -2.23. The molecule has 112 valence electrons. The number of allylic oxidation sites excluding steroid dienone is 2. The van der Waals surface area contributed by atoms with Crippen LogP contribution in [0.15, 0.2) is 77.1 Å². The summed E-state index contributed by atoms with van der Waals surface area (Å²) in [5.41, 5.74) is 4.21. The highest BCUT2D eigenvalue weighted by atomic mass is 32.1. The average Bonchev–Trinajstić information content (AvgIpc) is 2.98. The lowest BCUT2D eigenvalue weighted by atomic mass is 10.2. The minimum Gasteiger partial charge on any atom is -0.305 e. The predicted molar refractivity (Wildman–Crippen MR) is 98.8 cm³/mol. The van der Waals surface area contributed by atoms with Crippen LogP contribution < -0.4 is 4.90 Å². The molecule has 1 aliphatic heterocycles. The van der Waals surface area contributed by atoms with Gasteiger partial charge >= 0.3 is 0 Å². The normalized spacial score (nSPS) is 16.1. The zero-order valence-corrected chi connectivity index (χ0v) is 13.5. The van der Waals surface area contributed by atoms with Crippen molar-refractivity contribution in [3.63, 3.8) is 0 Å². The smallest absolute Gasteiger partial charge is 0.119 e. The van der Waals surface area contributed by atoms with Crippen LogP contribution in [-0.2, 0) is 0 Å². The molecule has 1 aliphatic rings. The van der Waals surface area contributed by atoms with Gasteiger partial charge in [-0.15, -0.1) is 11.3 Å². The van der Waals surface area contributed by atoms with Gasteiger partial charge in [0.25, 0.3) is 0 Å². The highest BCUT2D eigenvalue weighted by Gasteiger charge is 2.11. The van der Waals surface area contributed by atoms with Crippen LogP contribution in [-0.4, -0.2) is 11.3 Å². The van der Waals surface area contributed by atoms with E-state index >= 15 is 0 Å².